The van der Waals surface area contributed by atoms with E-state index in [0.29, 0.717) is 17.7 Å². The molecule has 3 rings (SSSR count). The Kier molecular flexibility index (Phi) is 6.13. The second-order valence-corrected chi connectivity index (χ2v) is 9.95. The molecule has 0 saturated carbocycles. The van der Waals surface area contributed by atoms with Crippen molar-refractivity contribution in [1.82, 2.24) is 4.90 Å². The van der Waals surface area contributed by atoms with Gasteiger partial charge in [-0.05, 0) is 30.4 Å². The molecule has 29 heavy (non-hydrogen) atoms. The van der Waals surface area contributed by atoms with E-state index in [9.17, 15) is 9.59 Å². The van der Waals surface area contributed by atoms with Crippen LogP contribution < -0.4 is 0 Å². The molecule has 0 spiro atoms. The topological polar surface area (TPSA) is 37.4 Å². The Hall–Kier alpha value is -2.20. The van der Waals surface area contributed by atoms with Crippen LogP contribution in [-0.2, 0) is 0 Å². The van der Waals surface area contributed by atoms with Crippen molar-refractivity contribution >= 4 is 22.6 Å². The van der Waals surface area contributed by atoms with E-state index in [0.717, 1.165) is 28.3 Å². The molecule has 2 amide bonds. The van der Waals surface area contributed by atoms with Gasteiger partial charge in [0.05, 0.1) is 27.2 Å². The molecular weight excluding hydrogens is 360 g/mol. The number of benzene rings is 2. The van der Waals surface area contributed by atoms with E-state index in [1.807, 2.05) is 36.4 Å². The molecule has 0 aromatic heterocycles. The number of unbranched alkanes of at least 4 members (excludes halogenated alkanes) is 3. The summed E-state index contributed by atoms with van der Waals surface area (Å²) >= 11 is 0. The van der Waals surface area contributed by atoms with Gasteiger partial charge in [0, 0.05) is 28.5 Å². The van der Waals surface area contributed by atoms with Crippen LogP contribution in [0.15, 0.2) is 36.4 Å². The van der Waals surface area contributed by atoms with Gasteiger partial charge in [0.25, 0.3) is 11.8 Å². The number of quaternary nitrogens is 1. The molecule has 0 saturated heterocycles. The minimum atomic E-state index is -0.167. The molecule has 1 heterocycles. The lowest BCUT2D eigenvalue weighted by atomic mass is 9.88. The lowest BCUT2D eigenvalue weighted by molar-refractivity contribution is -0.896. The van der Waals surface area contributed by atoms with Gasteiger partial charge in [-0.3, -0.25) is 14.5 Å². The van der Waals surface area contributed by atoms with E-state index in [1.165, 1.54) is 30.6 Å². The largest absolute Gasteiger partial charge is 0.328 e. The quantitative estimate of drug-likeness (QED) is 0.336. The second kappa shape index (κ2) is 8.27. The summed E-state index contributed by atoms with van der Waals surface area (Å²) in [7, 11) is 4.51. The average molecular weight is 396 g/mol. The molecule has 1 aliphatic heterocycles. The molecule has 4 nitrogen and oxygen atoms in total. The predicted octanol–water partition coefficient (Wildman–Crippen LogP) is 5.12. The Bertz CT molecular complexity index is 863. The zero-order valence-electron chi connectivity index (χ0n) is 18.6. The van der Waals surface area contributed by atoms with Crippen LogP contribution >= 0.6 is 0 Å². The lowest BCUT2D eigenvalue weighted by Gasteiger charge is -2.40. The zero-order chi connectivity index (χ0) is 21.2. The Morgan fingerprint density at radius 3 is 2.03 bits per heavy atom. The summed E-state index contributed by atoms with van der Waals surface area (Å²) < 4.78 is 0.902. The number of rotatable bonds is 9. The average Bonchev–Trinajstić information content (AvgIpc) is 2.65. The van der Waals surface area contributed by atoms with E-state index in [1.54, 1.807) is 0 Å². The minimum absolute atomic E-state index is 0.166. The van der Waals surface area contributed by atoms with Gasteiger partial charge in [-0.2, -0.15) is 0 Å². The third kappa shape index (κ3) is 4.69. The third-order valence-electron chi connectivity index (χ3n) is 5.92. The highest BCUT2D eigenvalue weighted by Gasteiger charge is 2.38. The molecule has 0 fully saturated rings. The molecule has 0 radical (unpaired) electrons. The first-order valence-electron chi connectivity index (χ1n) is 10.9. The van der Waals surface area contributed by atoms with Gasteiger partial charge in [-0.25, -0.2) is 0 Å². The molecule has 0 aliphatic carbocycles. The maximum absolute atomic E-state index is 13.2. The number of hydrogen-bond acceptors (Lipinski definition) is 2. The molecule has 1 aliphatic rings. The van der Waals surface area contributed by atoms with Gasteiger partial charge in [0.1, 0.15) is 0 Å². The SMILES string of the molecule is CCCCCC[N+](C)(C)CC(C)(C)CN1C(=O)c2cccc3cccc(c23)C1=O. The third-order valence-corrected chi connectivity index (χ3v) is 5.92. The van der Waals surface area contributed by atoms with Crippen LogP contribution in [0.4, 0.5) is 0 Å². The van der Waals surface area contributed by atoms with E-state index >= 15 is 0 Å². The van der Waals surface area contributed by atoms with Gasteiger partial charge in [0.15, 0.2) is 0 Å². The number of nitrogens with zero attached hydrogens (tertiary/aromatic N) is 2. The van der Waals surface area contributed by atoms with Crippen molar-refractivity contribution in [3.05, 3.63) is 47.5 Å². The van der Waals surface area contributed by atoms with Crippen molar-refractivity contribution in [3.8, 4) is 0 Å². The fraction of sp³-hybridized carbons (Fsp3) is 0.520. The molecule has 0 unspecified atom stereocenters. The van der Waals surface area contributed by atoms with Crippen molar-refractivity contribution in [1.29, 1.82) is 0 Å². The summed E-state index contributed by atoms with van der Waals surface area (Å²) in [5, 5.41) is 1.75. The molecule has 0 N–H and O–H groups in total. The van der Waals surface area contributed by atoms with E-state index in [-0.39, 0.29) is 17.2 Å². The molecule has 0 atom stereocenters. The summed E-state index contributed by atoms with van der Waals surface area (Å²) in [4.78, 5) is 27.9. The van der Waals surface area contributed by atoms with Crippen LogP contribution in [0.1, 0.15) is 67.2 Å². The van der Waals surface area contributed by atoms with Crippen LogP contribution in [-0.4, -0.2) is 54.9 Å². The van der Waals surface area contributed by atoms with Crippen molar-refractivity contribution in [2.24, 2.45) is 5.41 Å². The fourth-order valence-corrected chi connectivity index (χ4v) is 4.91. The Morgan fingerprint density at radius 1 is 0.897 bits per heavy atom. The van der Waals surface area contributed by atoms with Crippen LogP contribution in [0.25, 0.3) is 10.8 Å². The Labute approximate surface area is 175 Å². The first-order chi connectivity index (χ1) is 13.7. The Morgan fingerprint density at radius 2 is 1.48 bits per heavy atom. The van der Waals surface area contributed by atoms with E-state index < -0.39 is 0 Å². The number of carbonyl (C=O) groups is 2. The minimum Gasteiger partial charge on any atom is -0.328 e. The van der Waals surface area contributed by atoms with E-state index in [2.05, 4.69) is 34.9 Å². The van der Waals surface area contributed by atoms with Crippen LogP contribution in [0, 0.1) is 5.41 Å². The number of imide groups is 1. The number of amides is 2. The highest BCUT2D eigenvalue weighted by molar-refractivity contribution is 6.25. The first kappa shape index (κ1) is 21.5. The zero-order valence-corrected chi connectivity index (χ0v) is 18.6. The highest BCUT2D eigenvalue weighted by Crippen LogP contribution is 2.32. The predicted molar refractivity (Wildman–Crippen MR) is 119 cm³/mol. The van der Waals surface area contributed by atoms with Gasteiger partial charge >= 0.3 is 0 Å². The number of hydrogen-bond donors (Lipinski definition) is 0. The molecule has 156 valence electrons. The van der Waals surface area contributed by atoms with Crippen LogP contribution in [0.3, 0.4) is 0 Å². The normalized spacial score (nSPS) is 14.7. The second-order valence-electron chi connectivity index (χ2n) is 9.95. The summed E-state index contributed by atoms with van der Waals surface area (Å²) in [6.45, 7) is 9.04. The van der Waals surface area contributed by atoms with Crippen molar-refractivity contribution in [2.45, 2.75) is 46.5 Å². The summed E-state index contributed by atoms with van der Waals surface area (Å²) in [6.07, 6.45) is 5.01. The van der Waals surface area contributed by atoms with Gasteiger partial charge in [0.2, 0.25) is 0 Å². The maximum Gasteiger partial charge on any atom is 0.261 e. The molecule has 4 heteroatoms. The highest BCUT2D eigenvalue weighted by atomic mass is 16.2. The van der Waals surface area contributed by atoms with Gasteiger partial charge < -0.3 is 4.48 Å². The molecule has 2 aromatic rings. The first-order valence-corrected chi connectivity index (χ1v) is 10.9. The van der Waals surface area contributed by atoms with Gasteiger partial charge in [-0.15, -0.1) is 0 Å². The monoisotopic (exact) mass is 395 g/mol. The standard InChI is InChI=1S/C25H35N2O2/c1-6-7-8-9-16-27(4,5)18-25(2,3)17-26-23(28)20-14-10-12-19-13-11-15-21(22(19)20)24(26)29/h10-15H,6-9,16-18H2,1-5H3/q+1. The van der Waals surface area contributed by atoms with Crippen molar-refractivity contribution in [3.63, 3.8) is 0 Å². The summed E-state index contributed by atoms with van der Waals surface area (Å²) in [5.74, 6) is -0.332. The lowest BCUT2D eigenvalue weighted by Crippen LogP contribution is -2.52. The maximum atomic E-state index is 13.2. The van der Waals surface area contributed by atoms with Crippen molar-refractivity contribution in [2.75, 3.05) is 33.7 Å². The fourth-order valence-electron chi connectivity index (χ4n) is 4.91. The summed E-state index contributed by atoms with van der Waals surface area (Å²) in [5.41, 5.74) is 1.11. The van der Waals surface area contributed by atoms with Crippen LogP contribution in [0.5, 0.6) is 0 Å². The van der Waals surface area contributed by atoms with Crippen LogP contribution in [0.2, 0.25) is 0 Å². The Balaban J connectivity index is 1.77. The smallest absolute Gasteiger partial charge is 0.261 e. The molecular formula is C25H35N2O2+. The molecule has 0 bridgehead atoms. The summed E-state index contributed by atoms with van der Waals surface area (Å²) in [6, 6.07) is 11.4. The van der Waals surface area contributed by atoms with Crippen molar-refractivity contribution < 1.29 is 14.1 Å². The number of carbonyl (C=O) groups excluding carboxylic acids is 2. The molecule has 2 aromatic carbocycles. The van der Waals surface area contributed by atoms with E-state index in [4.69, 9.17) is 0 Å². The van der Waals surface area contributed by atoms with Gasteiger partial charge in [-0.1, -0.05) is 57.9 Å².